The number of hydrogen-bond donors (Lipinski definition) is 1. The van der Waals surface area contributed by atoms with Gasteiger partial charge in [0, 0.05) is 49.8 Å². The lowest BCUT2D eigenvalue weighted by atomic mass is 10.2. The van der Waals surface area contributed by atoms with Crippen LogP contribution < -0.4 is 10.6 Å². The van der Waals surface area contributed by atoms with Gasteiger partial charge in [0.15, 0.2) is 5.96 Å². The fourth-order valence-electron chi connectivity index (χ4n) is 3.57. The van der Waals surface area contributed by atoms with E-state index in [0.717, 1.165) is 54.8 Å². The van der Waals surface area contributed by atoms with Crippen molar-refractivity contribution < 1.29 is 0 Å². The second kappa shape index (κ2) is 8.30. The first-order chi connectivity index (χ1) is 14.1. The Morgan fingerprint density at radius 1 is 1.00 bits per heavy atom. The van der Waals surface area contributed by atoms with E-state index >= 15 is 0 Å². The maximum atomic E-state index is 6.30. The number of aryl methyl sites for hydroxylation is 1. The van der Waals surface area contributed by atoms with Gasteiger partial charge in [0.1, 0.15) is 0 Å². The van der Waals surface area contributed by atoms with Crippen LogP contribution in [0.2, 0.25) is 0 Å². The summed E-state index contributed by atoms with van der Waals surface area (Å²) in [7, 11) is 0. The van der Waals surface area contributed by atoms with Crippen molar-refractivity contribution in [1.82, 2.24) is 24.6 Å². The second-order valence-corrected chi connectivity index (χ2v) is 7.09. The zero-order valence-electron chi connectivity index (χ0n) is 16.9. The van der Waals surface area contributed by atoms with E-state index in [9.17, 15) is 0 Å². The Balaban J connectivity index is 1.42. The molecule has 0 radical (unpaired) electrons. The van der Waals surface area contributed by atoms with E-state index in [1.54, 1.807) is 12.4 Å². The van der Waals surface area contributed by atoms with Gasteiger partial charge in [-0.3, -0.25) is 0 Å². The maximum Gasteiger partial charge on any atom is 0.225 e. The van der Waals surface area contributed by atoms with E-state index in [1.165, 1.54) is 0 Å². The molecule has 3 aromatic rings. The van der Waals surface area contributed by atoms with Crippen molar-refractivity contribution in [3.05, 3.63) is 65.7 Å². The molecule has 8 nitrogen and oxygen atoms in total. The SMILES string of the molecule is Cc1nn(-c2ccccc2)c(C)c1CN=C(N)N1CCN(c2ncccn2)CC1. The Morgan fingerprint density at radius 3 is 2.38 bits per heavy atom. The van der Waals surface area contributed by atoms with Gasteiger partial charge in [0.05, 0.1) is 17.9 Å². The zero-order valence-corrected chi connectivity index (χ0v) is 16.9. The zero-order chi connectivity index (χ0) is 20.2. The third-order valence-corrected chi connectivity index (χ3v) is 5.28. The topological polar surface area (TPSA) is 88.5 Å². The number of guanidine groups is 1. The van der Waals surface area contributed by atoms with Crippen LogP contribution in [-0.2, 0) is 6.54 Å². The number of aromatic nitrogens is 4. The van der Waals surface area contributed by atoms with Crippen molar-refractivity contribution in [2.45, 2.75) is 20.4 Å². The molecule has 2 N–H and O–H groups in total. The Hall–Kier alpha value is -3.42. The minimum atomic E-state index is 0.526. The van der Waals surface area contributed by atoms with Crippen LogP contribution in [0.15, 0.2) is 53.8 Å². The first kappa shape index (κ1) is 18.9. The van der Waals surface area contributed by atoms with Gasteiger partial charge in [0.25, 0.3) is 0 Å². The average Bonchev–Trinajstić information content (AvgIpc) is 3.07. The molecule has 2 aromatic heterocycles. The molecule has 0 saturated carbocycles. The summed E-state index contributed by atoms with van der Waals surface area (Å²) in [6, 6.07) is 12.0. The van der Waals surface area contributed by atoms with Crippen LogP contribution in [0.1, 0.15) is 17.0 Å². The minimum Gasteiger partial charge on any atom is -0.370 e. The lowest BCUT2D eigenvalue weighted by Gasteiger charge is -2.35. The largest absolute Gasteiger partial charge is 0.370 e. The van der Waals surface area contributed by atoms with Crippen LogP contribution >= 0.6 is 0 Å². The molecule has 1 fully saturated rings. The summed E-state index contributed by atoms with van der Waals surface area (Å²) in [5, 5.41) is 4.69. The number of anilines is 1. The number of aliphatic imine (C=N–C) groups is 1. The molecule has 1 aliphatic heterocycles. The smallest absolute Gasteiger partial charge is 0.225 e. The fraction of sp³-hybridized carbons (Fsp3) is 0.333. The lowest BCUT2D eigenvalue weighted by molar-refractivity contribution is 0.378. The molecular weight excluding hydrogens is 364 g/mol. The van der Waals surface area contributed by atoms with E-state index in [-0.39, 0.29) is 0 Å². The van der Waals surface area contributed by atoms with Crippen molar-refractivity contribution in [2.75, 3.05) is 31.1 Å². The molecule has 29 heavy (non-hydrogen) atoms. The monoisotopic (exact) mass is 390 g/mol. The lowest BCUT2D eigenvalue weighted by Crippen LogP contribution is -2.51. The summed E-state index contributed by atoms with van der Waals surface area (Å²) in [4.78, 5) is 17.6. The van der Waals surface area contributed by atoms with Gasteiger partial charge < -0.3 is 15.5 Å². The summed E-state index contributed by atoms with van der Waals surface area (Å²) in [5.74, 6) is 1.34. The van der Waals surface area contributed by atoms with Gasteiger partial charge >= 0.3 is 0 Å². The highest BCUT2D eigenvalue weighted by molar-refractivity contribution is 5.78. The number of nitrogens with two attached hydrogens (primary N) is 1. The van der Waals surface area contributed by atoms with Crippen LogP contribution in [0.3, 0.4) is 0 Å². The number of hydrogen-bond acceptors (Lipinski definition) is 5. The van der Waals surface area contributed by atoms with Crippen molar-refractivity contribution in [1.29, 1.82) is 0 Å². The van der Waals surface area contributed by atoms with Crippen LogP contribution in [-0.4, -0.2) is 56.8 Å². The van der Waals surface area contributed by atoms with Crippen molar-refractivity contribution in [2.24, 2.45) is 10.7 Å². The third-order valence-electron chi connectivity index (χ3n) is 5.28. The van der Waals surface area contributed by atoms with Crippen LogP contribution in [0, 0.1) is 13.8 Å². The normalized spacial score (nSPS) is 15.0. The van der Waals surface area contributed by atoms with E-state index < -0.39 is 0 Å². The van der Waals surface area contributed by atoms with Gasteiger partial charge in [-0.1, -0.05) is 18.2 Å². The molecule has 150 valence electrons. The Morgan fingerprint density at radius 2 is 1.69 bits per heavy atom. The van der Waals surface area contributed by atoms with E-state index in [1.807, 2.05) is 35.9 Å². The number of piperazine rings is 1. The highest BCUT2D eigenvalue weighted by Crippen LogP contribution is 2.19. The van der Waals surface area contributed by atoms with Gasteiger partial charge in [-0.05, 0) is 32.0 Å². The average molecular weight is 390 g/mol. The molecule has 0 bridgehead atoms. The first-order valence-corrected chi connectivity index (χ1v) is 9.81. The molecule has 1 aromatic carbocycles. The number of nitrogens with zero attached hydrogens (tertiary/aromatic N) is 7. The molecule has 4 rings (SSSR count). The molecule has 0 aliphatic carbocycles. The minimum absolute atomic E-state index is 0.526. The summed E-state index contributed by atoms with van der Waals surface area (Å²) in [6.07, 6.45) is 3.54. The number of rotatable bonds is 4. The molecule has 0 amide bonds. The van der Waals surface area contributed by atoms with E-state index in [2.05, 4.69) is 48.9 Å². The number of para-hydroxylation sites is 1. The van der Waals surface area contributed by atoms with Gasteiger partial charge in [-0.15, -0.1) is 0 Å². The second-order valence-electron chi connectivity index (χ2n) is 7.09. The third kappa shape index (κ3) is 4.06. The quantitative estimate of drug-likeness (QED) is 0.541. The molecule has 0 spiro atoms. The molecule has 0 unspecified atom stereocenters. The summed E-state index contributed by atoms with van der Waals surface area (Å²) in [5.41, 5.74) is 10.5. The van der Waals surface area contributed by atoms with Crippen molar-refractivity contribution in [3.63, 3.8) is 0 Å². The van der Waals surface area contributed by atoms with Crippen molar-refractivity contribution >= 4 is 11.9 Å². The Kier molecular flexibility index (Phi) is 5.41. The van der Waals surface area contributed by atoms with E-state index in [0.29, 0.717) is 12.5 Å². The highest BCUT2D eigenvalue weighted by atomic mass is 15.4. The predicted octanol–water partition coefficient (Wildman–Crippen LogP) is 1.92. The fourth-order valence-corrected chi connectivity index (χ4v) is 3.57. The molecule has 1 aliphatic rings. The van der Waals surface area contributed by atoms with E-state index in [4.69, 9.17) is 5.73 Å². The Bertz CT molecular complexity index is 973. The maximum absolute atomic E-state index is 6.30. The summed E-state index contributed by atoms with van der Waals surface area (Å²) >= 11 is 0. The predicted molar refractivity (Wildman–Crippen MR) is 114 cm³/mol. The number of benzene rings is 1. The summed E-state index contributed by atoms with van der Waals surface area (Å²) in [6.45, 7) is 7.87. The Labute approximate surface area is 170 Å². The first-order valence-electron chi connectivity index (χ1n) is 9.81. The standard InChI is InChI=1S/C21H26N8/c1-16-19(17(2)29(26-16)18-7-4-3-5-8-18)15-25-20(22)27-11-13-28(14-12-27)21-23-9-6-10-24-21/h3-10H,11-15H2,1-2H3,(H2,22,25). The highest BCUT2D eigenvalue weighted by Gasteiger charge is 2.20. The van der Waals surface area contributed by atoms with Gasteiger partial charge in [-0.25, -0.2) is 19.6 Å². The van der Waals surface area contributed by atoms with Gasteiger partial charge in [0.2, 0.25) is 5.95 Å². The van der Waals surface area contributed by atoms with Crippen LogP contribution in [0.25, 0.3) is 5.69 Å². The van der Waals surface area contributed by atoms with Crippen molar-refractivity contribution in [3.8, 4) is 5.69 Å². The molecule has 1 saturated heterocycles. The van der Waals surface area contributed by atoms with Crippen LogP contribution in [0.5, 0.6) is 0 Å². The van der Waals surface area contributed by atoms with Crippen LogP contribution in [0.4, 0.5) is 5.95 Å². The summed E-state index contributed by atoms with van der Waals surface area (Å²) < 4.78 is 1.97. The molecule has 0 atom stereocenters. The van der Waals surface area contributed by atoms with Gasteiger partial charge in [-0.2, -0.15) is 5.10 Å². The molecular formula is C21H26N8. The molecule has 8 heteroatoms. The molecule has 3 heterocycles.